The normalized spacial score (nSPS) is 15.2. The fourth-order valence-corrected chi connectivity index (χ4v) is 1.82. The lowest BCUT2D eigenvalue weighted by Crippen LogP contribution is -2.45. The Bertz CT molecular complexity index is 469. The number of anilines is 1. The zero-order valence-corrected chi connectivity index (χ0v) is 14.1. The molecule has 0 radical (unpaired) electrons. The van der Waals surface area contributed by atoms with Crippen molar-refractivity contribution in [3.8, 4) is 5.75 Å². The van der Waals surface area contributed by atoms with Crippen molar-refractivity contribution >= 4 is 11.6 Å². The van der Waals surface area contributed by atoms with Crippen molar-refractivity contribution in [1.82, 2.24) is 5.32 Å². The van der Waals surface area contributed by atoms with E-state index in [9.17, 15) is 9.90 Å². The van der Waals surface area contributed by atoms with Crippen molar-refractivity contribution < 1.29 is 14.6 Å². The molecule has 124 valence electrons. The van der Waals surface area contributed by atoms with E-state index in [1.165, 1.54) is 0 Å². The summed E-state index contributed by atoms with van der Waals surface area (Å²) in [5, 5.41) is 16.2. The van der Waals surface area contributed by atoms with E-state index in [4.69, 9.17) is 4.74 Å². The Balaban J connectivity index is 2.40. The highest BCUT2D eigenvalue weighted by atomic mass is 16.5. The third kappa shape index (κ3) is 6.03. The predicted octanol–water partition coefficient (Wildman–Crippen LogP) is 2.41. The summed E-state index contributed by atoms with van der Waals surface area (Å²) >= 11 is 0. The van der Waals surface area contributed by atoms with Crippen LogP contribution in [0.2, 0.25) is 0 Å². The average Bonchev–Trinajstić information content (AvgIpc) is 2.45. The van der Waals surface area contributed by atoms with Gasteiger partial charge < -0.3 is 20.5 Å². The number of ether oxygens (including phenoxy) is 1. The number of methoxy groups -OCH3 is 1. The first kappa shape index (κ1) is 18.5. The molecule has 0 aliphatic heterocycles. The Morgan fingerprint density at radius 2 is 1.86 bits per heavy atom. The third-order valence-corrected chi connectivity index (χ3v) is 3.92. The second-order valence-electron chi connectivity index (χ2n) is 6.27. The number of hydrogen-bond donors (Lipinski definition) is 3. The molecule has 0 aliphatic carbocycles. The quantitative estimate of drug-likeness (QED) is 0.690. The maximum Gasteiger partial charge on any atom is 0.225 e. The van der Waals surface area contributed by atoms with Crippen LogP contribution in [0.5, 0.6) is 5.75 Å². The first-order valence-electron chi connectivity index (χ1n) is 7.64. The third-order valence-electron chi connectivity index (χ3n) is 3.92. The molecule has 22 heavy (non-hydrogen) atoms. The van der Waals surface area contributed by atoms with Gasteiger partial charge in [0.1, 0.15) is 5.75 Å². The predicted molar refractivity (Wildman–Crippen MR) is 89.2 cm³/mol. The van der Waals surface area contributed by atoms with Gasteiger partial charge >= 0.3 is 0 Å². The summed E-state index contributed by atoms with van der Waals surface area (Å²) in [6, 6.07) is 7.20. The van der Waals surface area contributed by atoms with Crippen molar-refractivity contribution in [3.05, 3.63) is 24.3 Å². The Labute approximate surface area is 133 Å². The van der Waals surface area contributed by atoms with Gasteiger partial charge in [0, 0.05) is 24.7 Å². The summed E-state index contributed by atoms with van der Waals surface area (Å²) in [5.41, 5.74) is -0.0343. The highest BCUT2D eigenvalue weighted by molar-refractivity contribution is 5.91. The number of hydrogen-bond acceptors (Lipinski definition) is 4. The summed E-state index contributed by atoms with van der Waals surface area (Å²) in [4.78, 5) is 12.0. The topological polar surface area (TPSA) is 70.6 Å². The fraction of sp³-hybridized carbons (Fsp3) is 0.588. The molecule has 5 nitrogen and oxygen atoms in total. The zero-order chi connectivity index (χ0) is 16.8. The molecule has 0 bridgehead atoms. The number of benzene rings is 1. The van der Waals surface area contributed by atoms with Gasteiger partial charge in [-0.2, -0.15) is 0 Å². The largest absolute Gasteiger partial charge is 0.497 e. The summed E-state index contributed by atoms with van der Waals surface area (Å²) < 4.78 is 5.08. The summed E-state index contributed by atoms with van der Waals surface area (Å²) in [7, 11) is 1.60. The minimum atomic E-state index is -0.777. The Morgan fingerprint density at radius 3 is 2.36 bits per heavy atom. The summed E-state index contributed by atoms with van der Waals surface area (Å²) in [6.45, 7) is 8.14. The van der Waals surface area contributed by atoms with Gasteiger partial charge in [-0.05, 0) is 44.0 Å². The molecule has 0 aromatic heterocycles. The van der Waals surface area contributed by atoms with Gasteiger partial charge in [-0.15, -0.1) is 0 Å². The molecule has 5 heteroatoms. The van der Waals surface area contributed by atoms with E-state index in [0.717, 1.165) is 11.4 Å². The molecule has 0 fully saturated rings. The van der Waals surface area contributed by atoms with Crippen LogP contribution in [0.1, 0.15) is 34.1 Å². The number of amides is 1. The summed E-state index contributed by atoms with van der Waals surface area (Å²) in [5.74, 6) is 0.846. The van der Waals surface area contributed by atoms with Gasteiger partial charge in [-0.1, -0.05) is 13.8 Å². The van der Waals surface area contributed by atoms with E-state index in [0.29, 0.717) is 13.0 Å². The zero-order valence-electron chi connectivity index (χ0n) is 14.1. The smallest absolute Gasteiger partial charge is 0.225 e. The van der Waals surface area contributed by atoms with Gasteiger partial charge in [-0.25, -0.2) is 0 Å². The lowest BCUT2D eigenvalue weighted by molar-refractivity contribution is -0.116. The average molecular weight is 308 g/mol. The van der Waals surface area contributed by atoms with Gasteiger partial charge in [0.05, 0.1) is 12.7 Å². The van der Waals surface area contributed by atoms with Crippen molar-refractivity contribution in [3.63, 3.8) is 0 Å². The second kappa shape index (κ2) is 8.15. The molecule has 2 atom stereocenters. The SMILES string of the molecule is COc1ccc(NC(=O)CC(C)NCC(C)(O)C(C)C)cc1. The van der Waals surface area contributed by atoms with E-state index in [1.807, 2.05) is 20.8 Å². The molecule has 2 unspecified atom stereocenters. The van der Waals surface area contributed by atoms with Crippen LogP contribution in [0.4, 0.5) is 5.69 Å². The van der Waals surface area contributed by atoms with Crippen LogP contribution in [0.15, 0.2) is 24.3 Å². The van der Waals surface area contributed by atoms with Crippen molar-refractivity contribution in [2.75, 3.05) is 19.0 Å². The van der Waals surface area contributed by atoms with Gasteiger partial charge in [0.2, 0.25) is 5.91 Å². The van der Waals surface area contributed by atoms with E-state index in [1.54, 1.807) is 38.3 Å². The highest BCUT2D eigenvalue weighted by Gasteiger charge is 2.25. The van der Waals surface area contributed by atoms with Crippen LogP contribution < -0.4 is 15.4 Å². The monoisotopic (exact) mass is 308 g/mol. The first-order chi connectivity index (χ1) is 10.2. The van der Waals surface area contributed by atoms with Crippen molar-refractivity contribution in [1.29, 1.82) is 0 Å². The van der Waals surface area contributed by atoms with Crippen LogP contribution in [-0.4, -0.2) is 36.3 Å². The fourth-order valence-electron chi connectivity index (χ4n) is 1.82. The molecule has 0 aliphatic rings. The molecular formula is C17H28N2O3. The molecule has 0 saturated carbocycles. The molecule has 1 aromatic rings. The number of rotatable bonds is 8. The van der Waals surface area contributed by atoms with Crippen LogP contribution in [0, 0.1) is 5.92 Å². The molecular weight excluding hydrogens is 280 g/mol. The maximum absolute atomic E-state index is 12.0. The number of nitrogens with one attached hydrogen (secondary N) is 2. The number of carbonyl (C=O) groups excluding carboxylic acids is 1. The Morgan fingerprint density at radius 1 is 1.27 bits per heavy atom. The second-order valence-corrected chi connectivity index (χ2v) is 6.27. The van der Waals surface area contributed by atoms with Crippen LogP contribution >= 0.6 is 0 Å². The van der Waals surface area contributed by atoms with Gasteiger partial charge in [0.15, 0.2) is 0 Å². The van der Waals surface area contributed by atoms with Crippen LogP contribution in [0.25, 0.3) is 0 Å². The molecule has 1 amide bonds. The lowest BCUT2D eigenvalue weighted by Gasteiger charge is -2.29. The van der Waals surface area contributed by atoms with E-state index >= 15 is 0 Å². The van der Waals surface area contributed by atoms with E-state index < -0.39 is 5.60 Å². The van der Waals surface area contributed by atoms with Gasteiger partial charge in [0.25, 0.3) is 0 Å². The molecule has 1 rings (SSSR count). The summed E-state index contributed by atoms with van der Waals surface area (Å²) in [6.07, 6.45) is 0.347. The highest BCUT2D eigenvalue weighted by Crippen LogP contribution is 2.16. The minimum absolute atomic E-state index is 0.0107. The molecule has 0 heterocycles. The van der Waals surface area contributed by atoms with Crippen molar-refractivity contribution in [2.45, 2.75) is 45.8 Å². The van der Waals surface area contributed by atoms with E-state index in [-0.39, 0.29) is 17.9 Å². The Hall–Kier alpha value is -1.59. The molecule has 1 aromatic carbocycles. The van der Waals surface area contributed by atoms with Crippen LogP contribution in [0.3, 0.4) is 0 Å². The van der Waals surface area contributed by atoms with Crippen molar-refractivity contribution in [2.24, 2.45) is 5.92 Å². The standard InChI is InChI=1S/C17H28N2O3/c1-12(2)17(4,21)11-18-13(3)10-16(20)19-14-6-8-15(22-5)9-7-14/h6-9,12-13,18,21H,10-11H2,1-5H3,(H,19,20). The number of carbonyl (C=O) groups is 1. The molecule has 0 saturated heterocycles. The first-order valence-corrected chi connectivity index (χ1v) is 7.64. The van der Waals surface area contributed by atoms with Gasteiger partial charge in [-0.3, -0.25) is 4.79 Å². The Kier molecular flexibility index (Phi) is 6.84. The maximum atomic E-state index is 12.0. The number of aliphatic hydroxyl groups is 1. The van der Waals surface area contributed by atoms with Crippen LogP contribution in [-0.2, 0) is 4.79 Å². The van der Waals surface area contributed by atoms with E-state index in [2.05, 4.69) is 10.6 Å². The minimum Gasteiger partial charge on any atom is -0.497 e. The molecule has 3 N–H and O–H groups in total. The molecule has 0 spiro atoms. The lowest BCUT2D eigenvalue weighted by atomic mass is 9.92.